The lowest BCUT2D eigenvalue weighted by molar-refractivity contribution is -0.385. The molecule has 0 atom stereocenters. The molecular weight excluding hydrogens is 332 g/mol. The summed E-state index contributed by atoms with van der Waals surface area (Å²) < 4.78 is 26.9. The smallest absolute Gasteiger partial charge is 0.273 e. The maximum absolute atomic E-state index is 12.9. The maximum Gasteiger partial charge on any atom is 0.273 e. The first-order valence-corrected chi connectivity index (χ1v) is 8.71. The second kappa shape index (κ2) is 7.52. The van der Waals surface area contributed by atoms with E-state index in [1.165, 1.54) is 25.1 Å². The Morgan fingerprint density at radius 1 is 1.12 bits per heavy atom. The number of benzene rings is 2. The fourth-order valence-electron chi connectivity index (χ4n) is 2.40. The highest BCUT2D eigenvalue weighted by molar-refractivity contribution is 7.89. The highest BCUT2D eigenvalue weighted by Crippen LogP contribution is 2.27. The van der Waals surface area contributed by atoms with Crippen molar-refractivity contribution in [3.63, 3.8) is 0 Å². The molecule has 0 unspecified atom stereocenters. The summed E-state index contributed by atoms with van der Waals surface area (Å²) in [6.45, 7) is 1.04. The fraction of sp³-hybridized carbons (Fsp3) is 0.250. The second-order valence-corrected chi connectivity index (χ2v) is 7.11. The van der Waals surface area contributed by atoms with E-state index >= 15 is 0 Å². The number of nitrogens with zero attached hydrogens (tertiary/aromatic N) is 2. The summed E-state index contributed by atoms with van der Waals surface area (Å²) in [4.78, 5) is 10.3. The molecule has 1 N–H and O–H groups in total. The molecule has 0 heterocycles. The van der Waals surface area contributed by atoms with Crippen LogP contribution < -0.4 is 0 Å². The van der Waals surface area contributed by atoms with Gasteiger partial charge in [0.25, 0.3) is 5.69 Å². The summed E-state index contributed by atoms with van der Waals surface area (Å²) in [5, 5.41) is 20.3. The highest BCUT2D eigenvalue weighted by Gasteiger charge is 2.28. The monoisotopic (exact) mass is 350 g/mol. The minimum absolute atomic E-state index is 0.0753. The van der Waals surface area contributed by atoms with Gasteiger partial charge in [-0.05, 0) is 18.6 Å². The number of rotatable bonds is 7. The van der Waals surface area contributed by atoms with Crippen molar-refractivity contribution in [3.05, 3.63) is 69.8 Å². The van der Waals surface area contributed by atoms with Crippen LogP contribution >= 0.6 is 0 Å². The SMILES string of the molecule is Cc1c([N+](=O)[O-])cccc1S(=O)(=O)N(CCO)Cc1ccccc1. The van der Waals surface area contributed by atoms with E-state index in [2.05, 4.69) is 0 Å². The van der Waals surface area contributed by atoms with Crippen LogP contribution in [0.3, 0.4) is 0 Å². The zero-order valence-corrected chi connectivity index (χ0v) is 13.9. The summed E-state index contributed by atoms with van der Waals surface area (Å²) >= 11 is 0. The molecule has 128 valence electrons. The van der Waals surface area contributed by atoms with E-state index in [-0.39, 0.29) is 35.8 Å². The van der Waals surface area contributed by atoms with Crippen LogP contribution in [0, 0.1) is 17.0 Å². The minimum Gasteiger partial charge on any atom is -0.395 e. The van der Waals surface area contributed by atoms with Crippen LogP contribution in [0.15, 0.2) is 53.4 Å². The number of hydrogen-bond acceptors (Lipinski definition) is 5. The molecule has 0 spiro atoms. The van der Waals surface area contributed by atoms with E-state index in [0.29, 0.717) is 0 Å². The van der Waals surface area contributed by atoms with Gasteiger partial charge in [-0.1, -0.05) is 36.4 Å². The molecule has 0 bridgehead atoms. The predicted molar refractivity (Wildman–Crippen MR) is 89.0 cm³/mol. The third kappa shape index (κ3) is 3.78. The molecule has 0 radical (unpaired) electrons. The van der Waals surface area contributed by atoms with Crippen LogP contribution in [-0.4, -0.2) is 35.9 Å². The molecular formula is C16H18N2O5S. The van der Waals surface area contributed by atoms with Gasteiger partial charge in [-0.15, -0.1) is 0 Å². The van der Waals surface area contributed by atoms with Crippen molar-refractivity contribution >= 4 is 15.7 Å². The van der Waals surface area contributed by atoms with Gasteiger partial charge in [0.1, 0.15) is 0 Å². The Kier molecular flexibility index (Phi) is 5.66. The molecule has 2 rings (SSSR count). The summed E-state index contributed by atoms with van der Waals surface area (Å²) in [5.74, 6) is 0. The molecule has 0 aliphatic carbocycles. The van der Waals surface area contributed by atoms with E-state index in [0.717, 1.165) is 9.87 Å². The average molecular weight is 350 g/mol. The summed E-state index contributed by atoms with van der Waals surface area (Å²) in [6, 6.07) is 12.9. The van der Waals surface area contributed by atoms with Crippen molar-refractivity contribution < 1.29 is 18.4 Å². The van der Waals surface area contributed by atoms with E-state index < -0.39 is 14.9 Å². The first-order valence-electron chi connectivity index (χ1n) is 7.27. The lowest BCUT2D eigenvalue weighted by Gasteiger charge is -2.22. The van der Waals surface area contributed by atoms with Crippen LogP contribution in [0.1, 0.15) is 11.1 Å². The lowest BCUT2D eigenvalue weighted by atomic mass is 10.2. The lowest BCUT2D eigenvalue weighted by Crippen LogP contribution is -2.33. The first kappa shape index (κ1) is 18.1. The van der Waals surface area contributed by atoms with Crippen molar-refractivity contribution in [2.45, 2.75) is 18.4 Å². The molecule has 0 aliphatic heterocycles. The molecule has 2 aromatic rings. The van der Waals surface area contributed by atoms with Gasteiger partial charge < -0.3 is 5.11 Å². The Labute approximate surface area is 140 Å². The molecule has 0 fully saturated rings. The molecule has 8 heteroatoms. The highest BCUT2D eigenvalue weighted by atomic mass is 32.2. The van der Waals surface area contributed by atoms with Crippen LogP contribution in [0.4, 0.5) is 5.69 Å². The zero-order chi connectivity index (χ0) is 17.7. The Morgan fingerprint density at radius 3 is 2.38 bits per heavy atom. The van der Waals surface area contributed by atoms with Gasteiger partial charge in [0.05, 0.1) is 16.4 Å². The van der Waals surface area contributed by atoms with Crippen molar-refractivity contribution in [2.24, 2.45) is 0 Å². The quantitative estimate of drug-likeness (QED) is 0.609. The second-order valence-electron chi connectivity index (χ2n) is 5.21. The van der Waals surface area contributed by atoms with E-state index in [1.807, 2.05) is 6.07 Å². The van der Waals surface area contributed by atoms with E-state index in [1.54, 1.807) is 24.3 Å². The topological polar surface area (TPSA) is 101 Å². The Bertz CT molecular complexity index is 822. The standard InChI is InChI=1S/C16H18N2O5S/c1-13-15(18(20)21)8-5-9-16(13)24(22,23)17(10-11-19)12-14-6-3-2-4-7-14/h2-9,19H,10-12H2,1H3. The maximum atomic E-state index is 12.9. The fourth-order valence-corrected chi connectivity index (χ4v) is 4.06. The zero-order valence-electron chi connectivity index (χ0n) is 13.1. The predicted octanol–water partition coefficient (Wildman–Crippen LogP) is 2.09. The number of hydrogen-bond donors (Lipinski definition) is 1. The summed E-state index contributed by atoms with van der Waals surface area (Å²) in [5.41, 5.74) is 0.593. The van der Waals surface area contributed by atoms with Gasteiger partial charge in [0.15, 0.2) is 0 Å². The number of aliphatic hydroxyl groups is 1. The first-order chi connectivity index (χ1) is 11.4. The van der Waals surface area contributed by atoms with Gasteiger partial charge in [-0.25, -0.2) is 8.42 Å². The number of aliphatic hydroxyl groups excluding tert-OH is 1. The Morgan fingerprint density at radius 2 is 1.79 bits per heavy atom. The largest absolute Gasteiger partial charge is 0.395 e. The van der Waals surface area contributed by atoms with Crippen molar-refractivity contribution in [1.29, 1.82) is 0 Å². The van der Waals surface area contributed by atoms with Crippen molar-refractivity contribution in [3.8, 4) is 0 Å². The van der Waals surface area contributed by atoms with Crippen LogP contribution in [0.5, 0.6) is 0 Å². The summed E-state index contributed by atoms with van der Waals surface area (Å²) in [6.07, 6.45) is 0. The molecule has 0 amide bonds. The van der Waals surface area contributed by atoms with Crippen LogP contribution in [-0.2, 0) is 16.6 Å². The van der Waals surface area contributed by atoms with Crippen molar-refractivity contribution in [2.75, 3.05) is 13.2 Å². The summed E-state index contributed by atoms with van der Waals surface area (Å²) in [7, 11) is -3.98. The van der Waals surface area contributed by atoms with Crippen LogP contribution in [0.25, 0.3) is 0 Å². The molecule has 24 heavy (non-hydrogen) atoms. The van der Waals surface area contributed by atoms with Gasteiger partial charge in [-0.2, -0.15) is 4.31 Å². The van der Waals surface area contributed by atoms with Crippen LogP contribution in [0.2, 0.25) is 0 Å². The molecule has 0 saturated carbocycles. The van der Waals surface area contributed by atoms with Gasteiger partial charge in [0, 0.05) is 24.7 Å². The molecule has 0 aromatic heterocycles. The normalized spacial score (nSPS) is 11.6. The Balaban J connectivity index is 2.45. The molecule has 2 aromatic carbocycles. The van der Waals surface area contributed by atoms with Gasteiger partial charge >= 0.3 is 0 Å². The number of sulfonamides is 1. The van der Waals surface area contributed by atoms with E-state index in [9.17, 15) is 23.6 Å². The molecule has 0 aliphatic rings. The third-order valence-corrected chi connectivity index (χ3v) is 5.61. The van der Waals surface area contributed by atoms with Gasteiger partial charge in [-0.3, -0.25) is 10.1 Å². The number of nitro benzene ring substituents is 1. The minimum atomic E-state index is -3.98. The van der Waals surface area contributed by atoms with E-state index in [4.69, 9.17) is 0 Å². The van der Waals surface area contributed by atoms with Gasteiger partial charge in [0.2, 0.25) is 10.0 Å². The Hall–Kier alpha value is -2.29. The third-order valence-electron chi connectivity index (χ3n) is 3.62. The average Bonchev–Trinajstić information content (AvgIpc) is 2.55. The van der Waals surface area contributed by atoms with Crippen molar-refractivity contribution in [1.82, 2.24) is 4.31 Å². The number of nitro groups is 1. The molecule has 7 nitrogen and oxygen atoms in total. The molecule has 0 saturated heterocycles.